The summed E-state index contributed by atoms with van der Waals surface area (Å²) in [6, 6.07) is 32.2. The average molecular weight is 385 g/mol. The van der Waals surface area contributed by atoms with Gasteiger partial charge in [0.15, 0.2) is 0 Å². The summed E-state index contributed by atoms with van der Waals surface area (Å²) in [5.41, 5.74) is 2.61. The SMILES string of the molecule is OC(c1ccccc1)(c1ccccc1)[C@@H]1CC[NH+]2C[C@@H](c3ccccc3)C[C@H]2C1. The van der Waals surface area contributed by atoms with Crippen molar-refractivity contribution < 1.29 is 10.0 Å². The summed E-state index contributed by atoms with van der Waals surface area (Å²) in [7, 11) is 0. The van der Waals surface area contributed by atoms with E-state index in [9.17, 15) is 5.11 Å². The number of rotatable bonds is 4. The highest BCUT2D eigenvalue weighted by molar-refractivity contribution is 5.37. The van der Waals surface area contributed by atoms with Gasteiger partial charge < -0.3 is 10.0 Å². The average Bonchev–Trinajstić information content (AvgIpc) is 3.24. The molecule has 0 bridgehead atoms. The highest BCUT2D eigenvalue weighted by Crippen LogP contribution is 2.42. The smallest absolute Gasteiger partial charge is 0.118 e. The molecule has 2 aliphatic rings. The molecule has 0 saturated carbocycles. The molecule has 2 heteroatoms. The van der Waals surface area contributed by atoms with Gasteiger partial charge in [0.05, 0.1) is 19.1 Å². The Morgan fingerprint density at radius 1 is 0.724 bits per heavy atom. The molecule has 4 atom stereocenters. The molecule has 0 radical (unpaired) electrons. The second kappa shape index (κ2) is 7.78. The number of hydrogen-bond donors (Lipinski definition) is 2. The van der Waals surface area contributed by atoms with Crippen molar-refractivity contribution in [3.63, 3.8) is 0 Å². The first-order valence-corrected chi connectivity index (χ1v) is 11.0. The molecular formula is C27H30NO+. The van der Waals surface area contributed by atoms with Crippen LogP contribution >= 0.6 is 0 Å². The van der Waals surface area contributed by atoms with Gasteiger partial charge in [-0.25, -0.2) is 0 Å². The lowest BCUT2D eigenvalue weighted by atomic mass is 9.70. The van der Waals surface area contributed by atoms with Crippen molar-refractivity contribution in [1.82, 2.24) is 0 Å². The molecule has 3 aromatic rings. The fraction of sp³-hybridized carbons (Fsp3) is 0.333. The summed E-state index contributed by atoms with van der Waals surface area (Å²) in [5, 5.41) is 12.2. The standard InChI is InChI=1S/C27H29NO/c29-27(23-12-6-2-7-13-23,24-14-8-3-9-15-24)25-16-17-28-20-22(18-26(28)19-25)21-10-4-1-5-11-21/h1-15,22,25-26,29H,16-20H2/p+1/t22-,25+,26-/m0/s1. The largest absolute Gasteiger partial charge is 0.380 e. The Morgan fingerprint density at radius 2 is 1.28 bits per heavy atom. The predicted molar refractivity (Wildman–Crippen MR) is 117 cm³/mol. The van der Waals surface area contributed by atoms with Crippen LogP contribution in [0, 0.1) is 5.92 Å². The van der Waals surface area contributed by atoms with E-state index in [1.807, 2.05) is 36.4 Å². The molecule has 5 rings (SSSR count). The monoisotopic (exact) mass is 384 g/mol. The minimum absolute atomic E-state index is 0.246. The van der Waals surface area contributed by atoms with Crippen LogP contribution in [0.15, 0.2) is 91.0 Å². The summed E-state index contributed by atoms with van der Waals surface area (Å²) >= 11 is 0. The molecule has 2 N–H and O–H groups in total. The number of quaternary nitrogens is 1. The zero-order valence-electron chi connectivity index (χ0n) is 16.9. The molecule has 0 aromatic heterocycles. The van der Waals surface area contributed by atoms with Crippen LogP contribution in [-0.2, 0) is 5.60 Å². The molecule has 2 aliphatic heterocycles. The first-order chi connectivity index (χ1) is 14.2. The van der Waals surface area contributed by atoms with Crippen molar-refractivity contribution >= 4 is 0 Å². The van der Waals surface area contributed by atoms with E-state index >= 15 is 0 Å². The fourth-order valence-electron chi connectivity index (χ4n) is 5.85. The van der Waals surface area contributed by atoms with Crippen molar-refractivity contribution in [3.8, 4) is 0 Å². The van der Waals surface area contributed by atoms with Crippen molar-refractivity contribution in [2.45, 2.75) is 36.8 Å². The second-order valence-electron chi connectivity index (χ2n) is 8.87. The van der Waals surface area contributed by atoms with Gasteiger partial charge in [0, 0.05) is 31.1 Å². The summed E-state index contributed by atoms with van der Waals surface area (Å²) in [6.45, 7) is 2.39. The Morgan fingerprint density at radius 3 is 1.86 bits per heavy atom. The van der Waals surface area contributed by atoms with Crippen LogP contribution in [0.3, 0.4) is 0 Å². The van der Waals surface area contributed by atoms with E-state index in [2.05, 4.69) is 54.6 Å². The van der Waals surface area contributed by atoms with Gasteiger partial charge in [-0.1, -0.05) is 91.0 Å². The summed E-state index contributed by atoms with van der Waals surface area (Å²) in [5.74, 6) is 0.895. The molecule has 2 nitrogen and oxygen atoms in total. The van der Waals surface area contributed by atoms with Crippen molar-refractivity contribution in [3.05, 3.63) is 108 Å². The van der Waals surface area contributed by atoms with Gasteiger partial charge in [0.1, 0.15) is 5.60 Å². The van der Waals surface area contributed by atoms with Crippen LogP contribution in [0.4, 0.5) is 0 Å². The maximum atomic E-state index is 12.2. The quantitative estimate of drug-likeness (QED) is 0.703. The molecular weight excluding hydrogens is 354 g/mol. The number of hydrogen-bond acceptors (Lipinski definition) is 1. The first-order valence-electron chi connectivity index (χ1n) is 11.0. The molecule has 1 unspecified atom stereocenters. The lowest BCUT2D eigenvalue weighted by Gasteiger charge is -2.42. The van der Waals surface area contributed by atoms with Crippen LogP contribution in [0.25, 0.3) is 0 Å². The van der Waals surface area contributed by atoms with E-state index in [1.165, 1.54) is 18.5 Å². The summed E-state index contributed by atoms with van der Waals surface area (Å²) < 4.78 is 0. The van der Waals surface area contributed by atoms with Crippen molar-refractivity contribution in [2.75, 3.05) is 13.1 Å². The van der Waals surface area contributed by atoms with E-state index in [4.69, 9.17) is 0 Å². The Labute approximate surface area is 173 Å². The molecule has 2 heterocycles. The molecule has 0 spiro atoms. The third-order valence-electron chi connectivity index (χ3n) is 7.33. The molecule has 2 saturated heterocycles. The Balaban J connectivity index is 1.44. The summed E-state index contributed by atoms with van der Waals surface area (Å²) in [6.07, 6.45) is 3.38. The molecule has 148 valence electrons. The van der Waals surface area contributed by atoms with E-state index in [0.29, 0.717) is 12.0 Å². The van der Waals surface area contributed by atoms with Gasteiger partial charge >= 0.3 is 0 Å². The summed E-state index contributed by atoms with van der Waals surface area (Å²) in [4.78, 5) is 1.73. The minimum Gasteiger partial charge on any atom is -0.380 e. The highest BCUT2D eigenvalue weighted by atomic mass is 16.3. The number of piperidine rings is 1. The molecule has 0 amide bonds. The highest BCUT2D eigenvalue weighted by Gasteiger charge is 2.48. The van der Waals surface area contributed by atoms with E-state index < -0.39 is 5.60 Å². The third kappa shape index (κ3) is 3.41. The molecule has 0 aliphatic carbocycles. The zero-order valence-corrected chi connectivity index (χ0v) is 16.9. The zero-order chi connectivity index (χ0) is 19.7. The first kappa shape index (κ1) is 18.6. The van der Waals surface area contributed by atoms with E-state index in [1.54, 1.807) is 4.90 Å². The normalized spacial score (nSPS) is 26.8. The van der Waals surface area contributed by atoms with Crippen LogP contribution in [0.1, 0.15) is 41.9 Å². The maximum absolute atomic E-state index is 12.2. The van der Waals surface area contributed by atoms with Crippen LogP contribution in [0.5, 0.6) is 0 Å². The van der Waals surface area contributed by atoms with Crippen LogP contribution in [0.2, 0.25) is 0 Å². The van der Waals surface area contributed by atoms with Gasteiger partial charge in [0.2, 0.25) is 0 Å². The topological polar surface area (TPSA) is 24.7 Å². The lowest BCUT2D eigenvalue weighted by molar-refractivity contribution is -0.919. The molecule has 2 fully saturated rings. The van der Waals surface area contributed by atoms with Gasteiger partial charge in [-0.15, -0.1) is 0 Å². The third-order valence-corrected chi connectivity index (χ3v) is 7.33. The van der Waals surface area contributed by atoms with Crippen molar-refractivity contribution in [1.29, 1.82) is 0 Å². The molecule has 3 aromatic carbocycles. The van der Waals surface area contributed by atoms with E-state index in [-0.39, 0.29) is 5.92 Å². The van der Waals surface area contributed by atoms with E-state index in [0.717, 1.165) is 30.5 Å². The van der Waals surface area contributed by atoms with Crippen LogP contribution in [-0.4, -0.2) is 24.2 Å². The van der Waals surface area contributed by atoms with Gasteiger partial charge in [-0.05, 0) is 16.7 Å². The van der Waals surface area contributed by atoms with Gasteiger partial charge in [-0.2, -0.15) is 0 Å². The van der Waals surface area contributed by atoms with Crippen molar-refractivity contribution in [2.24, 2.45) is 5.92 Å². The van der Waals surface area contributed by atoms with Gasteiger partial charge in [-0.3, -0.25) is 0 Å². The Bertz CT molecular complexity index is 885. The number of aliphatic hydroxyl groups is 1. The minimum atomic E-state index is -0.918. The predicted octanol–water partition coefficient (Wildman–Crippen LogP) is 3.77. The fourth-order valence-corrected chi connectivity index (χ4v) is 5.85. The number of nitrogens with one attached hydrogen (secondary N) is 1. The lowest BCUT2D eigenvalue weighted by Crippen LogP contribution is -3.15. The molecule has 29 heavy (non-hydrogen) atoms. The number of benzene rings is 3. The number of fused-ring (bicyclic) bond motifs is 1. The second-order valence-corrected chi connectivity index (χ2v) is 8.87. The maximum Gasteiger partial charge on any atom is 0.118 e. The van der Waals surface area contributed by atoms with Crippen LogP contribution < -0.4 is 4.90 Å². The Kier molecular flexibility index (Phi) is 4.99. The van der Waals surface area contributed by atoms with Gasteiger partial charge in [0.25, 0.3) is 0 Å². The Hall–Kier alpha value is -2.42.